The first-order chi connectivity index (χ1) is 19.9. The van der Waals surface area contributed by atoms with E-state index in [1.807, 2.05) is 38.1 Å². The van der Waals surface area contributed by atoms with Crippen LogP contribution in [0.15, 0.2) is 36.0 Å². The van der Waals surface area contributed by atoms with Gasteiger partial charge in [0.2, 0.25) is 5.91 Å². The molecule has 4 fully saturated rings. The molecule has 5 aliphatic heterocycles. The quantitative estimate of drug-likeness (QED) is 0.229. The fraction of sp³-hybridized carbons (Fsp3) is 0.438. The van der Waals surface area contributed by atoms with E-state index in [0.717, 1.165) is 70.6 Å². The lowest BCUT2D eigenvalue weighted by atomic mass is 9.76. The lowest BCUT2D eigenvalue weighted by Crippen LogP contribution is -3.00. The van der Waals surface area contributed by atoms with Gasteiger partial charge in [-0.1, -0.05) is 13.0 Å². The first kappa shape index (κ1) is 29.5. The fourth-order valence-corrected chi connectivity index (χ4v) is 8.62. The molecule has 6 aliphatic rings. The summed E-state index contributed by atoms with van der Waals surface area (Å²) in [5, 5.41) is 22.5. The highest BCUT2D eigenvalue weighted by Crippen LogP contribution is 2.52. The molecule has 4 atom stereocenters. The molecule has 3 N–H and O–H groups in total. The highest BCUT2D eigenvalue weighted by Gasteiger charge is 2.59. The van der Waals surface area contributed by atoms with Crippen molar-refractivity contribution in [3.8, 4) is 11.1 Å². The normalized spacial score (nSPS) is 30.8. The summed E-state index contributed by atoms with van der Waals surface area (Å²) in [6.07, 6.45) is -0.895. The van der Waals surface area contributed by atoms with E-state index in [2.05, 4.69) is 6.07 Å². The first-order valence-corrected chi connectivity index (χ1v) is 14.7. The number of nitrogens with zero attached hydrogens (tertiary/aromatic N) is 3. The van der Waals surface area contributed by atoms with Gasteiger partial charge >= 0.3 is 0 Å². The van der Waals surface area contributed by atoms with E-state index in [4.69, 9.17) is 5.73 Å². The number of carbonyl (C=O) groups excluding carboxylic acids is 4. The Hall–Kier alpha value is -3.57. The van der Waals surface area contributed by atoms with Gasteiger partial charge in [-0.15, -0.1) is 0 Å². The molecule has 0 aromatic heterocycles. The number of piperazine rings is 3. The van der Waals surface area contributed by atoms with Crippen LogP contribution in [0.3, 0.4) is 0 Å². The van der Waals surface area contributed by atoms with E-state index in [-0.39, 0.29) is 35.7 Å². The molecule has 4 saturated heterocycles. The summed E-state index contributed by atoms with van der Waals surface area (Å²) in [5.74, 6) is -3.14. The topological polar surface area (TPSA) is 141 Å². The van der Waals surface area contributed by atoms with Crippen molar-refractivity contribution in [2.75, 3.05) is 45.8 Å². The smallest absolute Gasteiger partial charge is 0.272 e. The fourth-order valence-electron chi connectivity index (χ4n) is 8.62. The van der Waals surface area contributed by atoms with Crippen LogP contribution in [0.25, 0.3) is 16.7 Å². The molecule has 2 aromatic carbocycles. The molecule has 5 heterocycles. The number of hydrogen-bond acceptors (Lipinski definition) is 6. The van der Waals surface area contributed by atoms with Gasteiger partial charge in [0.05, 0.1) is 29.7 Å². The predicted octanol–water partition coefficient (Wildman–Crippen LogP) is -2.83. The lowest BCUT2D eigenvalue weighted by molar-refractivity contribution is -0.932. The summed E-state index contributed by atoms with van der Waals surface area (Å²) < 4.78 is 1.53. The highest BCUT2D eigenvalue weighted by molar-refractivity contribution is 6.23. The van der Waals surface area contributed by atoms with Crippen molar-refractivity contribution in [1.29, 1.82) is 0 Å². The maximum atomic E-state index is 13.8. The van der Waals surface area contributed by atoms with Crippen molar-refractivity contribution < 1.29 is 46.3 Å². The number of benzene rings is 2. The van der Waals surface area contributed by atoms with Crippen LogP contribution in [0.5, 0.6) is 0 Å². The number of carboxylic acids is 1. The van der Waals surface area contributed by atoms with E-state index in [1.54, 1.807) is 6.92 Å². The van der Waals surface area contributed by atoms with Gasteiger partial charge in [0.15, 0.2) is 12.3 Å². The number of quaternary nitrogens is 2. The molecule has 1 unspecified atom stereocenters. The van der Waals surface area contributed by atoms with Gasteiger partial charge in [0.25, 0.3) is 5.91 Å². The average molecular weight is 607 g/mol. The minimum Gasteiger partial charge on any atom is -1.00 e. The number of ketones is 1. The molecule has 2 amide bonds. The molecule has 2 bridgehead atoms. The number of nitrogens with two attached hydrogens (primary N) is 1. The molecule has 8 rings (SSSR count). The van der Waals surface area contributed by atoms with Crippen LogP contribution in [-0.2, 0) is 14.4 Å². The van der Waals surface area contributed by atoms with Crippen LogP contribution in [0.4, 0.5) is 5.69 Å². The number of amides is 2. The number of fused-ring (bicyclic) bond motifs is 7. The number of primary amides is 1. The molecule has 43 heavy (non-hydrogen) atoms. The van der Waals surface area contributed by atoms with E-state index < -0.39 is 29.9 Å². The van der Waals surface area contributed by atoms with Crippen molar-refractivity contribution in [1.82, 2.24) is 9.38 Å². The standard InChI is InChI=1S/C32H34N4O6.ClH/c1-16-12-19(26-17(2)28-27(18(3)37)31(40)34(28)29(26)32(41)42)13-22-21-5-4-20(14-23(21)30(39)25(16)22)36-9-6-35(7-10-36,8-11-36)15-24(33)38;/h4-5,12-14,17-18,27-28,37H,6-11,15H2,1-3H3,(H-2,33,38,41,42);1H/t17-,18+,27+,28?,35?,36?;/m0./s1. The Morgan fingerprint density at radius 2 is 1.70 bits per heavy atom. The minimum absolute atomic E-state index is 0. The summed E-state index contributed by atoms with van der Waals surface area (Å²) >= 11 is 0. The van der Waals surface area contributed by atoms with Crippen molar-refractivity contribution in [3.63, 3.8) is 0 Å². The molecule has 1 aliphatic carbocycles. The number of aliphatic hydroxyl groups is 1. The molecular formula is C32H35ClN4O6. The second-order valence-electron chi connectivity index (χ2n) is 13.0. The van der Waals surface area contributed by atoms with Gasteiger partial charge in [-0.2, -0.15) is 0 Å². The zero-order valence-electron chi connectivity index (χ0n) is 24.4. The van der Waals surface area contributed by atoms with E-state index in [9.17, 15) is 29.4 Å². The summed E-state index contributed by atoms with van der Waals surface area (Å²) in [7, 11) is 0. The first-order valence-electron chi connectivity index (χ1n) is 14.7. The zero-order valence-corrected chi connectivity index (χ0v) is 25.2. The largest absolute Gasteiger partial charge is 1.00 e. The monoisotopic (exact) mass is 606 g/mol. The van der Waals surface area contributed by atoms with E-state index in [0.29, 0.717) is 28.8 Å². The Kier molecular flexibility index (Phi) is 6.67. The van der Waals surface area contributed by atoms with Crippen LogP contribution < -0.4 is 27.7 Å². The molecule has 10 nitrogen and oxygen atoms in total. The Bertz CT molecular complexity index is 1640. The third-order valence-corrected chi connectivity index (χ3v) is 10.8. The summed E-state index contributed by atoms with van der Waals surface area (Å²) in [6, 6.07) is 9.39. The maximum absolute atomic E-state index is 13.8. The van der Waals surface area contributed by atoms with Gasteiger partial charge in [-0.3, -0.25) is 18.9 Å². The number of halogens is 1. The van der Waals surface area contributed by atoms with E-state index in [1.165, 1.54) is 4.90 Å². The number of carbonyl (C=O) groups is 4. The third-order valence-electron chi connectivity index (χ3n) is 10.8. The van der Waals surface area contributed by atoms with Crippen LogP contribution in [-0.4, -0.2) is 96.0 Å². The maximum Gasteiger partial charge on any atom is 0.272 e. The molecule has 0 spiro atoms. The van der Waals surface area contributed by atoms with Crippen molar-refractivity contribution in [2.45, 2.75) is 32.9 Å². The zero-order chi connectivity index (χ0) is 29.9. The third kappa shape index (κ3) is 3.96. The number of aliphatic hydroxyl groups excluding tert-OH is 1. The van der Waals surface area contributed by atoms with Crippen LogP contribution in [0, 0.1) is 18.8 Å². The Balaban J connectivity index is 0.00000329. The van der Waals surface area contributed by atoms with Gasteiger partial charge in [0, 0.05) is 23.1 Å². The summed E-state index contributed by atoms with van der Waals surface area (Å²) in [5.41, 5.74) is 11.2. The number of hydrogen-bond donors (Lipinski definition) is 2. The minimum atomic E-state index is -1.42. The Morgan fingerprint density at radius 1 is 1.05 bits per heavy atom. The van der Waals surface area contributed by atoms with Crippen LogP contribution in [0.1, 0.15) is 40.9 Å². The summed E-state index contributed by atoms with van der Waals surface area (Å²) in [6.45, 7) is 11.0. The van der Waals surface area contributed by atoms with Crippen molar-refractivity contribution in [3.05, 3.63) is 58.3 Å². The molecule has 11 heteroatoms. The van der Waals surface area contributed by atoms with Gasteiger partial charge in [-0.05, 0) is 59.9 Å². The number of β-lactam (4-membered cyclic amide) rings is 1. The number of carboxylic acid groups (broad SMARTS) is 1. The second-order valence-corrected chi connectivity index (χ2v) is 13.0. The summed E-state index contributed by atoms with van der Waals surface area (Å²) in [4.78, 5) is 51.9. The molecule has 0 saturated carbocycles. The Labute approximate surface area is 255 Å². The Morgan fingerprint density at radius 3 is 2.28 bits per heavy atom. The van der Waals surface area contributed by atoms with Gasteiger partial charge in [0.1, 0.15) is 45.0 Å². The van der Waals surface area contributed by atoms with Gasteiger partial charge in [-0.25, -0.2) is 0 Å². The average Bonchev–Trinajstić information content (AvgIpc) is 3.37. The molecular weight excluding hydrogens is 572 g/mol. The highest BCUT2D eigenvalue weighted by atomic mass is 35.5. The second kappa shape index (κ2) is 9.72. The lowest BCUT2D eigenvalue weighted by Gasteiger charge is -2.54. The van der Waals surface area contributed by atoms with Crippen molar-refractivity contribution >= 4 is 34.8 Å². The van der Waals surface area contributed by atoms with Gasteiger partial charge < -0.3 is 42.5 Å². The van der Waals surface area contributed by atoms with Crippen LogP contribution >= 0.6 is 0 Å². The number of aryl methyl sites for hydroxylation is 1. The van der Waals surface area contributed by atoms with Crippen LogP contribution in [0.2, 0.25) is 0 Å². The number of rotatable bonds is 6. The number of aliphatic carboxylic acids is 1. The van der Waals surface area contributed by atoms with E-state index >= 15 is 0 Å². The molecule has 226 valence electrons. The molecule has 0 radical (unpaired) electrons. The predicted molar refractivity (Wildman–Crippen MR) is 152 cm³/mol. The molecule has 2 aromatic rings. The SMILES string of the molecule is Cc1cc(C2=C(C(=O)[O-])N3C(=O)[C@H]([C@@H](C)O)C3[C@H]2C)cc2c1C(=O)c1cc([N+]34CC[N+](CC(N)=O)(CC3)CC4)ccc1-2.[Cl-]. The van der Waals surface area contributed by atoms with Crippen molar-refractivity contribution in [2.24, 2.45) is 17.6 Å².